The maximum Gasteiger partial charge on any atom is 0.264 e. The lowest BCUT2D eigenvalue weighted by Crippen LogP contribution is -2.44. The average molecular weight is 487 g/mol. The Hall–Kier alpha value is -3.94. The fraction of sp³-hybridized carbons (Fsp3) is 0.241. The number of carbonyl (C=O) groups excluding carboxylic acids is 2. The van der Waals surface area contributed by atoms with Crippen molar-refractivity contribution >= 4 is 23.2 Å². The van der Waals surface area contributed by atoms with Gasteiger partial charge in [0, 0.05) is 29.3 Å². The lowest BCUT2D eigenvalue weighted by atomic mass is 9.82. The second-order valence-electron chi connectivity index (χ2n) is 8.79. The molecule has 0 radical (unpaired) electrons. The molecule has 36 heavy (non-hydrogen) atoms. The van der Waals surface area contributed by atoms with Crippen LogP contribution in [0.3, 0.4) is 0 Å². The summed E-state index contributed by atoms with van der Waals surface area (Å²) in [5, 5.41) is 23.8. The summed E-state index contributed by atoms with van der Waals surface area (Å²) >= 11 is 0. The zero-order valence-corrected chi connectivity index (χ0v) is 20.3. The number of methoxy groups -OCH3 is 1. The highest BCUT2D eigenvalue weighted by Gasteiger charge is 2.52. The normalized spacial score (nSPS) is 17.8. The Morgan fingerprint density at radius 1 is 1.11 bits per heavy atom. The van der Waals surface area contributed by atoms with E-state index in [4.69, 9.17) is 9.84 Å². The van der Waals surface area contributed by atoms with Crippen LogP contribution in [0.4, 0.5) is 11.4 Å². The largest absolute Gasteiger partial charge is 0.497 e. The molecule has 4 rings (SSSR count). The number of nitrogens with zero attached hydrogens (tertiary/aromatic N) is 1. The van der Waals surface area contributed by atoms with Gasteiger partial charge < -0.3 is 25.2 Å². The van der Waals surface area contributed by atoms with E-state index in [1.54, 1.807) is 73.6 Å². The Morgan fingerprint density at radius 3 is 2.50 bits per heavy atom. The summed E-state index contributed by atoms with van der Waals surface area (Å²) in [6.45, 7) is 2.05. The molecule has 0 bridgehead atoms. The van der Waals surface area contributed by atoms with Crippen molar-refractivity contribution in [3.8, 4) is 5.75 Å². The number of aliphatic hydroxyl groups is 2. The molecule has 3 N–H and O–H groups in total. The molecule has 2 amide bonds. The number of amides is 2. The first-order valence-corrected chi connectivity index (χ1v) is 11.8. The number of fused-ring (bicyclic) bond motifs is 1. The van der Waals surface area contributed by atoms with Crippen LogP contribution in [0, 0.1) is 5.92 Å². The summed E-state index contributed by atoms with van der Waals surface area (Å²) in [7, 11) is 1.56. The van der Waals surface area contributed by atoms with Gasteiger partial charge in [-0.05, 0) is 54.4 Å². The molecule has 0 unspecified atom stereocenters. The predicted octanol–water partition coefficient (Wildman–Crippen LogP) is 4.26. The smallest absolute Gasteiger partial charge is 0.264 e. The third-order valence-electron chi connectivity index (χ3n) is 6.44. The van der Waals surface area contributed by atoms with Gasteiger partial charge >= 0.3 is 0 Å². The monoisotopic (exact) mass is 486 g/mol. The number of anilines is 2. The van der Waals surface area contributed by atoms with E-state index in [2.05, 4.69) is 5.32 Å². The molecule has 0 aliphatic carbocycles. The van der Waals surface area contributed by atoms with Crippen molar-refractivity contribution in [1.82, 2.24) is 0 Å². The first kappa shape index (κ1) is 25.2. The Morgan fingerprint density at radius 2 is 1.83 bits per heavy atom. The molecule has 0 saturated carbocycles. The Balaban J connectivity index is 1.69. The quantitative estimate of drug-likeness (QED) is 0.393. The number of benzene rings is 3. The van der Waals surface area contributed by atoms with E-state index in [1.807, 2.05) is 30.3 Å². The predicted molar refractivity (Wildman–Crippen MR) is 139 cm³/mol. The minimum atomic E-state index is -1.82. The minimum absolute atomic E-state index is 0.0200. The number of rotatable bonds is 9. The molecule has 1 aliphatic rings. The molecule has 0 aromatic heterocycles. The molecule has 1 aliphatic heterocycles. The fourth-order valence-electron chi connectivity index (χ4n) is 4.41. The lowest BCUT2D eigenvalue weighted by Gasteiger charge is -2.28. The van der Waals surface area contributed by atoms with Gasteiger partial charge in [-0.3, -0.25) is 9.59 Å². The van der Waals surface area contributed by atoms with Gasteiger partial charge in [-0.2, -0.15) is 0 Å². The van der Waals surface area contributed by atoms with E-state index in [1.165, 1.54) is 0 Å². The standard InChI is InChI=1S/C29H30N2O5/c1-20(8-6-7-17-32)29(35)25-18-23(30-27(33)22-11-14-24(36-2)15-12-22)13-16-26(25)31(28(29)34)19-21-9-4-3-5-10-21/h3-6,8-16,18,20,32,35H,7,17,19H2,1-2H3,(H,30,33)/b8-6+/t20-,29+/m1/s1. The number of hydrogen-bond donors (Lipinski definition) is 3. The summed E-state index contributed by atoms with van der Waals surface area (Å²) < 4.78 is 5.15. The molecule has 0 spiro atoms. The molecule has 3 aromatic rings. The molecular formula is C29H30N2O5. The van der Waals surface area contributed by atoms with Crippen LogP contribution in [0.2, 0.25) is 0 Å². The molecule has 7 heteroatoms. The minimum Gasteiger partial charge on any atom is -0.497 e. The average Bonchev–Trinajstić information content (AvgIpc) is 3.11. The summed E-state index contributed by atoms with van der Waals surface area (Å²) in [5.74, 6) is -0.665. The maximum absolute atomic E-state index is 13.7. The Labute approximate surface area is 210 Å². The summed E-state index contributed by atoms with van der Waals surface area (Å²) in [6.07, 6.45) is 3.92. The van der Waals surface area contributed by atoms with Crippen molar-refractivity contribution in [2.24, 2.45) is 5.92 Å². The molecule has 7 nitrogen and oxygen atoms in total. The Kier molecular flexibility index (Phi) is 7.52. The highest BCUT2D eigenvalue weighted by atomic mass is 16.5. The van der Waals surface area contributed by atoms with E-state index in [0.29, 0.717) is 41.2 Å². The second-order valence-corrected chi connectivity index (χ2v) is 8.79. The van der Waals surface area contributed by atoms with Gasteiger partial charge in [0.2, 0.25) is 0 Å². The molecule has 1 heterocycles. The van der Waals surface area contributed by atoms with Crippen LogP contribution in [0.5, 0.6) is 5.75 Å². The van der Waals surface area contributed by atoms with Gasteiger partial charge in [0.25, 0.3) is 11.8 Å². The van der Waals surface area contributed by atoms with Gasteiger partial charge in [0.05, 0.1) is 19.3 Å². The topological polar surface area (TPSA) is 99.1 Å². The van der Waals surface area contributed by atoms with Crippen molar-refractivity contribution in [2.75, 3.05) is 23.9 Å². The van der Waals surface area contributed by atoms with Crippen LogP contribution in [-0.4, -0.2) is 35.7 Å². The number of ether oxygens (including phenoxy) is 1. The number of hydrogen-bond acceptors (Lipinski definition) is 5. The summed E-state index contributed by atoms with van der Waals surface area (Å²) in [4.78, 5) is 28.1. The first-order valence-electron chi connectivity index (χ1n) is 11.8. The van der Waals surface area contributed by atoms with Gasteiger partial charge in [-0.15, -0.1) is 0 Å². The van der Waals surface area contributed by atoms with Crippen LogP contribution in [0.25, 0.3) is 0 Å². The van der Waals surface area contributed by atoms with Crippen LogP contribution in [0.15, 0.2) is 84.9 Å². The first-order chi connectivity index (χ1) is 17.4. The number of carbonyl (C=O) groups is 2. The van der Waals surface area contributed by atoms with Crippen molar-refractivity contribution in [2.45, 2.75) is 25.5 Å². The lowest BCUT2D eigenvalue weighted by molar-refractivity contribution is -0.139. The van der Waals surface area contributed by atoms with Gasteiger partial charge in [-0.25, -0.2) is 0 Å². The SMILES string of the molecule is COc1ccc(C(=O)Nc2ccc3c(c2)[C@@](O)([C@H](C)/C=C/CCO)C(=O)N3Cc2ccccc2)cc1. The maximum atomic E-state index is 13.7. The van der Waals surface area contributed by atoms with Crippen molar-refractivity contribution in [3.05, 3.63) is 102 Å². The van der Waals surface area contributed by atoms with E-state index >= 15 is 0 Å². The van der Waals surface area contributed by atoms with Crippen LogP contribution in [0.1, 0.15) is 34.8 Å². The molecule has 2 atom stereocenters. The van der Waals surface area contributed by atoms with Crippen LogP contribution >= 0.6 is 0 Å². The van der Waals surface area contributed by atoms with Crippen molar-refractivity contribution in [1.29, 1.82) is 0 Å². The zero-order chi connectivity index (χ0) is 25.7. The van der Waals surface area contributed by atoms with E-state index in [-0.39, 0.29) is 12.5 Å². The van der Waals surface area contributed by atoms with Crippen molar-refractivity contribution < 1.29 is 24.5 Å². The van der Waals surface area contributed by atoms with E-state index in [0.717, 1.165) is 5.56 Å². The van der Waals surface area contributed by atoms with E-state index < -0.39 is 17.4 Å². The third-order valence-corrected chi connectivity index (χ3v) is 6.44. The molecule has 186 valence electrons. The van der Waals surface area contributed by atoms with Gasteiger partial charge in [-0.1, -0.05) is 49.4 Å². The van der Waals surface area contributed by atoms with Gasteiger partial charge in [0.1, 0.15) is 5.75 Å². The van der Waals surface area contributed by atoms with Crippen LogP contribution in [-0.2, 0) is 16.9 Å². The summed E-state index contributed by atoms with van der Waals surface area (Å²) in [6, 6.07) is 21.5. The zero-order valence-electron chi connectivity index (χ0n) is 20.3. The third kappa shape index (κ3) is 4.89. The number of aliphatic hydroxyl groups excluding tert-OH is 1. The Bertz CT molecular complexity index is 1260. The van der Waals surface area contributed by atoms with E-state index in [9.17, 15) is 14.7 Å². The number of nitrogens with one attached hydrogen (secondary N) is 1. The summed E-state index contributed by atoms with van der Waals surface area (Å²) in [5.41, 5.74) is 1.05. The molecule has 0 fully saturated rings. The van der Waals surface area contributed by atoms with Crippen molar-refractivity contribution in [3.63, 3.8) is 0 Å². The molecule has 3 aromatic carbocycles. The highest BCUT2D eigenvalue weighted by Crippen LogP contribution is 2.46. The van der Waals surface area contributed by atoms with Crippen LogP contribution < -0.4 is 15.0 Å². The second kappa shape index (κ2) is 10.8. The highest BCUT2D eigenvalue weighted by molar-refractivity contribution is 6.09. The molecular weight excluding hydrogens is 456 g/mol. The van der Waals surface area contributed by atoms with Gasteiger partial charge in [0.15, 0.2) is 5.60 Å². The molecule has 0 saturated heterocycles. The fourth-order valence-corrected chi connectivity index (χ4v) is 4.41.